The Hall–Kier alpha value is -2.22. The topological polar surface area (TPSA) is 75.7 Å². The first-order valence-corrected chi connectivity index (χ1v) is 11.3. The fraction of sp³-hybridized carbons (Fsp3) is 0.409. The number of nitrogens with one attached hydrogen (secondary N) is 1. The second-order valence-electron chi connectivity index (χ2n) is 7.53. The Kier molecular flexibility index (Phi) is 7.05. The van der Waals surface area contributed by atoms with E-state index in [1.54, 1.807) is 38.3 Å². The number of carbonyl (C=O) groups is 1. The van der Waals surface area contributed by atoms with E-state index in [4.69, 9.17) is 4.74 Å². The van der Waals surface area contributed by atoms with Crippen molar-refractivity contribution >= 4 is 15.8 Å². The number of sulfonamides is 1. The number of piperidine rings is 1. The molecule has 29 heavy (non-hydrogen) atoms. The van der Waals surface area contributed by atoms with Gasteiger partial charge >= 0.3 is 0 Å². The van der Waals surface area contributed by atoms with Crippen molar-refractivity contribution in [3.63, 3.8) is 0 Å². The summed E-state index contributed by atoms with van der Waals surface area (Å²) in [5.74, 6) is 0.949. The van der Waals surface area contributed by atoms with Gasteiger partial charge in [0.05, 0.1) is 12.0 Å². The lowest BCUT2D eigenvalue weighted by Crippen LogP contribution is -2.40. The Morgan fingerprint density at radius 2 is 1.97 bits per heavy atom. The quantitative estimate of drug-likeness (QED) is 0.670. The van der Waals surface area contributed by atoms with E-state index in [9.17, 15) is 13.2 Å². The Labute approximate surface area is 172 Å². The molecular formula is C22H28N2O4S. The van der Waals surface area contributed by atoms with Crippen LogP contribution in [0.2, 0.25) is 0 Å². The molecule has 0 radical (unpaired) electrons. The highest BCUT2D eigenvalue weighted by Gasteiger charge is 2.23. The SMILES string of the molecule is COc1ccc(S(=O)(=O)NC[C@H]2CCCN(Cc3cccc(C(C)=O)c3)C2)cc1. The van der Waals surface area contributed by atoms with Gasteiger partial charge in [0.1, 0.15) is 5.75 Å². The molecule has 0 aromatic heterocycles. The van der Waals surface area contributed by atoms with Gasteiger partial charge in [-0.3, -0.25) is 9.69 Å². The minimum absolute atomic E-state index is 0.0660. The van der Waals surface area contributed by atoms with Crippen LogP contribution in [-0.2, 0) is 16.6 Å². The van der Waals surface area contributed by atoms with Crippen LogP contribution in [0.15, 0.2) is 53.4 Å². The molecule has 1 heterocycles. The molecule has 2 aromatic carbocycles. The van der Waals surface area contributed by atoms with E-state index < -0.39 is 10.0 Å². The van der Waals surface area contributed by atoms with E-state index in [2.05, 4.69) is 9.62 Å². The van der Waals surface area contributed by atoms with Gasteiger partial charge in [-0.2, -0.15) is 0 Å². The monoisotopic (exact) mass is 416 g/mol. The maximum atomic E-state index is 12.6. The van der Waals surface area contributed by atoms with Crippen molar-refractivity contribution in [2.24, 2.45) is 5.92 Å². The lowest BCUT2D eigenvalue weighted by Gasteiger charge is -2.32. The third-order valence-corrected chi connectivity index (χ3v) is 6.71. The van der Waals surface area contributed by atoms with Crippen LogP contribution < -0.4 is 9.46 Å². The van der Waals surface area contributed by atoms with Crippen LogP contribution in [0.4, 0.5) is 0 Å². The number of methoxy groups -OCH3 is 1. The molecule has 1 fully saturated rings. The van der Waals surface area contributed by atoms with Crippen LogP contribution in [0.5, 0.6) is 5.75 Å². The van der Waals surface area contributed by atoms with E-state index in [1.165, 1.54) is 0 Å². The van der Waals surface area contributed by atoms with Gasteiger partial charge in [-0.05, 0) is 68.1 Å². The zero-order valence-corrected chi connectivity index (χ0v) is 17.7. The summed E-state index contributed by atoms with van der Waals surface area (Å²) in [5, 5.41) is 0. The first kappa shape index (κ1) is 21.5. The first-order chi connectivity index (χ1) is 13.9. The van der Waals surface area contributed by atoms with Gasteiger partial charge in [0, 0.05) is 25.2 Å². The fourth-order valence-electron chi connectivity index (χ4n) is 3.67. The number of hydrogen-bond donors (Lipinski definition) is 1. The van der Waals surface area contributed by atoms with Crippen LogP contribution in [-0.4, -0.2) is 45.8 Å². The summed E-state index contributed by atoms with van der Waals surface area (Å²) in [6.45, 7) is 4.56. The summed E-state index contributed by atoms with van der Waals surface area (Å²) in [5.41, 5.74) is 1.83. The summed E-state index contributed by atoms with van der Waals surface area (Å²) in [6, 6.07) is 14.1. The maximum absolute atomic E-state index is 12.6. The van der Waals surface area contributed by atoms with Crippen molar-refractivity contribution in [3.05, 3.63) is 59.7 Å². The highest BCUT2D eigenvalue weighted by atomic mass is 32.2. The minimum Gasteiger partial charge on any atom is -0.497 e. The lowest BCUT2D eigenvalue weighted by molar-refractivity contribution is 0.101. The van der Waals surface area contributed by atoms with E-state index in [-0.39, 0.29) is 16.6 Å². The molecule has 0 amide bonds. The number of ether oxygens (including phenoxy) is 1. The summed E-state index contributed by atoms with van der Waals surface area (Å²) in [4.78, 5) is 14.2. The highest BCUT2D eigenvalue weighted by Crippen LogP contribution is 2.20. The van der Waals surface area contributed by atoms with E-state index in [0.29, 0.717) is 12.3 Å². The van der Waals surface area contributed by atoms with Gasteiger partial charge < -0.3 is 4.74 Å². The van der Waals surface area contributed by atoms with Crippen molar-refractivity contribution in [2.45, 2.75) is 31.2 Å². The van der Waals surface area contributed by atoms with E-state index in [1.807, 2.05) is 24.3 Å². The van der Waals surface area contributed by atoms with Gasteiger partial charge in [0.15, 0.2) is 5.78 Å². The molecule has 7 heteroatoms. The van der Waals surface area contributed by atoms with Crippen LogP contribution in [0.25, 0.3) is 0 Å². The van der Waals surface area contributed by atoms with Crippen LogP contribution >= 0.6 is 0 Å². The number of rotatable bonds is 8. The third-order valence-electron chi connectivity index (χ3n) is 5.27. The molecule has 1 aliphatic heterocycles. The predicted molar refractivity (Wildman–Crippen MR) is 113 cm³/mol. The van der Waals surface area contributed by atoms with Crippen LogP contribution in [0.1, 0.15) is 35.7 Å². The van der Waals surface area contributed by atoms with Crippen molar-refractivity contribution in [3.8, 4) is 5.75 Å². The molecule has 1 N–H and O–H groups in total. The number of benzene rings is 2. The fourth-order valence-corrected chi connectivity index (χ4v) is 4.79. The van der Waals surface area contributed by atoms with Crippen molar-refractivity contribution < 1.29 is 17.9 Å². The van der Waals surface area contributed by atoms with Gasteiger partial charge in [-0.1, -0.05) is 18.2 Å². The van der Waals surface area contributed by atoms with Gasteiger partial charge in [0.2, 0.25) is 10.0 Å². The molecule has 3 rings (SSSR count). The smallest absolute Gasteiger partial charge is 0.240 e. The molecule has 0 spiro atoms. The summed E-state index contributed by atoms with van der Waals surface area (Å²) in [6.07, 6.45) is 2.02. The Morgan fingerprint density at radius 3 is 2.66 bits per heavy atom. The molecule has 1 aliphatic rings. The van der Waals surface area contributed by atoms with Crippen molar-refractivity contribution in [1.29, 1.82) is 0 Å². The second kappa shape index (κ2) is 9.52. The van der Waals surface area contributed by atoms with E-state index in [0.717, 1.165) is 43.6 Å². The second-order valence-corrected chi connectivity index (χ2v) is 9.29. The zero-order chi connectivity index (χ0) is 20.9. The number of hydrogen-bond acceptors (Lipinski definition) is 5. The molecule has 156 valence electrons. The summed E-state index contributed by atoms with van der Waals surface area (Å²) >= 11 is 0. The Bertz CT molecular complexity index is 942. The number of Topliss-reactive ketones (excluding diaryl/α,β-unsaturated/α-hetero) is 1. The lowest BCUT2D eigenvalue weighted by atomic mass is 9.97. The standard InChI is InChI=1S/C22H28N2O4S/c1-17(25)20-7-3-5-18(13-20)15-24-12-4-6-19(16-24)14-23-29(26,27)22-10-8-21(28-2)9-11-22/h3,5,7-11,13,19,23H,4,6,12,14-16H2,1-2H3/t19-/m1/s1. The van der Waals surface area contributed by atoms with Crippen molar-refractivity contribution in [2.75, 3.05) is 26.7 Å². The van der Waals surface area contributed by atoms with Crippen LogP contribution in [0.3, 0.4) is 0 Å². The van der Waals surface area contributed by atoms with Crippen molar-refractivity contribution in [1.82, 2.24) is 9.62 Å². The highest BCUT2D eigenvalue weighted by molar-refractivity contribution is 7.89. The molecule has 1 saturated heterocycles. The number of ketones is 1. The Balaban J connectivity index is 1.56. The average Bonchev–Trinajstić information content (AvgIpc) is 2.73. The van der Waals surface area contributed by atoms with Gasteiger partial charge in [-0.15, -0.1) is 0 Å². The molecule has 6 nitrogen and oxygen atoms in total. The molecule has 0 bridgehead atoms. The number of carbonyl (C=O) groups excluding carboxylic acids is 1. The normalized spacial score (nSPS) is 17.8. The zero-order valence-electron chi connectivity index (χ0n) is 16.9. The molecule has 0 unspecified atom stereocenters. The summed E-state index contributed by atoms with van der Waals surface area (Å²) in [7, 11) is -1.99. The number of likely N-dealkylation sites (tertiary alicyclic amines) is 1. The first-order valence-electron chi connectivity index (χ1n) is 9.83. The van der Waals surface area contributed by atoms with Gasteiger partial charge in [0.25, 0.3) is 0 Å². The Morgan fingerprint density at radius 1 is 1.21 bits per heavy atom. The van der Waals surface area contributed by atoms with Crippen LogP contribution in [0, 0.1) is 5.92 Å². The van der Waals surface area contributed by atoms with Gasteiger partial charge in [-0.25, -0.2) is 13.1 Å². The largest absolute Gasteiger partial charge is 0.497 e. The summed E-state index contributed by atoms with van der Waals surface area (Å²) < 4.78 is 32.9. The molecule has 2 aromatic rings. The predicted octanol–water partition coefficient (Wildman–Crippen LogP) is 3.09. The van der Waals surface area contributed by atoms with E-state index >= 15 is 0 Å². The maximum Gasteiger partial charge on any atom is 0.240 e. The third kappa shape index (κ3) is 5.88. The molecule has 1 atom stereocenters. The average molecular weight is 417 g/mol. The number of nitrogens with zero attached hydrogens (tertiary/aromatic N) is 1. The molecule has 0 aliphatic carbocycles. The molecule has 0 saturated carbocycles. The minimum atomic E-state index is -3.54. The molecular weight excluding hydrogens is 388 g/mol.